The van der Waals surface area contributed by atoms with Gasteiger partial charge in [0.25, 0.3) is 0 Å². The zero-order chi connectivity index (χ0) is 13.1. The number of rotatable bonds is 10. The fourth-order valence-electron chi connectivity index (χ4n) is 1.81. The Bertz CT molecular complexity index is 317. The average Bonchev–Trinajstić information content (AvgIpc) is 2.41. The van der Waals surface area contributed by atoms with Crippen molar-refractivity contribution < 1.29 is 4.74 Å². The van der Waals surface area contributed by atoms with E-state index in [0.29, 0.717) is 0 Å². The van der Waals surface area contributed by atoms with Crippen LogP contribution in [-0.4, -0.2) is 26.0 Å². The van der Waals surface area contributed by atoms with Crippen molar-refractivity contribution in [3.63, 3.8) is 0 Å². The highest BCUT2D eigenvalue weighted by atomic mass is 32.2. The Morgan fingerprint density at radius 3 is 2.83 bits per heavy atom. The molecule has 18 heavy (non-hydrogen) atoms. The van der Waals surface area contributed by atoms with Gasteiger partial charge in [-0.2, -0.15) is 0 Å². The zero-order valence-electron chi connectivity index (χ0n) is 11.4. The molecule has 0 aromatic heterocycles. The first-order chi connectivity index (χ1) is 8.86. The standard InChI is InChI=1S/C15H25NOS/c1-17-11-3-2-4-12-18-15-9-5-7-14(13-15)8-6-10-16/h5,7,9,13H,2-4,6,8,10-12,16H2,1H3. The Morgan fingerprint density at radius 1 is 1.17 bits per heavy atom. The topological polar surface area (TPSA) is 35.2 Å². The van der Waals surface area contributed by atoms with Gasteiger partial charge in [-0.1, -0.05) is 18.6 Å². The number of aryl methyl sites for hydroxylation is 1. The molecule has 0 fully saturated rings. The minimum atomic E-state index is 0.775. The fraction of sp³-hybridized carbons (Fsp3) is 0.600. The molecule has 0 amide bonds. The number of ether oxygens (including phenoxy) is 1. The molecule has 1 aromatic rings. The highest BCUT2D eigenvalue weighted by Gasteiger charge is 1.97. The molecule has 1 rings (SSSR count). The van der Waals surface area contributed by atoms with Gasteiger partial charge in [0, 0.05) is 18.6 Å². The van der Waals surface area contributed by atoms with Gasteiger partial charge in [-0.15, -0.1) is 11.8 Å². The highest BCUT2D eigenvalue weighted by molar-refractivity contribution is 7.99. The van der Waals surface area contributed by atoms with Crippen LogP contribution in [0.2, 0.25) is 0 Å². The molecular formula is C15H25NOS. The van der Waals surface area contributed by atoms with Crippen molar-refractivity contribution in [3.05, 3.63) is 29.8 Å². The monoisotopic (exact) mass is 267 g/mol. The number of methoxy groups -OCH3 is 1. The lowest BCUT2D eigenvalue weighted by Gasteiger charge is -2.05. The molecule has 0 saturated carbocycles. The smallest absolute Gasteiger partial charge is 0.0462 e. The van der Waals surface area contributed by atoms with Crippen molar-refractivity contribution in [2.75, 3.05) is 26.0 Å². The lowest BCUT2D eigenvalue weighted by Crippen LogP contribution is -2.00. The molecule has 2 N–H and O–H groups in total. The predicted octanol–water partition coefficient (Wildman–Crippen LogP) is 3.49. The normalized spacial score (nSPS) is 10.8. The summed E-state index contributed by atoms with van der Waals surface area (Å²) in [7, 11) is 1.77. The Balaban J connectivity index is 2.20. The molecule has 0 unspecified atom stereocenters. The Kier molecular flexibility index (Phi) is 9.00. The number of hydrogen-bond donors (Lipinski definition) is 1. The molecule has 0 heterocycles. The quantitative estimate of drug-likeness (QED) is 0.520. The summed E-state index contributed by atoms with van der Waals surface area (Å²) in [5, 5.41) is 0. The second-order valence-corrected chi connectivity index (χ2v) is 5.61. The number of benzene rings is 1. The summed E-state index contributed by atoms with van der Waals surface area (Å²) in [4.78, 5) is 1.39. The van der Waals surface area contributed by atoms with E-state index in [1.807, 2.05) is 11.8 Å². The van der Waals surface area contributed by atoms with Crippen LogP contribution in [0, 0.1) is 0 Å². The molecule has 0 atom stereocenters. The second kappa shape index (κ2) is 10.4. The summed E-state index contributed by atoms with van der Waals surface area (Å²) in [6.45, 7) is 1.66. The molecule has 0 saturated heterocycles. The van der Waals surface area contributed by atoms with Crippen LogP contribution < -0.4 is 5.73 Å². The summed E-state index contributed by atoms with van der Waals surface area (Å²) in [6.07, 6.45) is 5.87. The summed E-state index contributed by atoms with van der Waals surface area (Å²) in [5.74, 6) is 1.20. The largest absolute Gasteiger partial charge is 0.385 e. The van der Waals surface area contributed by atoms with Crippen LogP contribution in [0.1, 0.15) is 31.2 Å². The van der Waals surface area contributed by atoms with Crippen molar-refractivity contribution in [1.29, 1.82) is 0 Å². The van der Waals surface area contributed by atoms with Crippen LogP contribution in [0.25, 0.3) is 0 Å². The van der Waals surface area contributed by atoms with E-state index in [-0.39, 0.29) is 0 Å². The van der Waals surface area contributed by atoms with E-state index in [2.05, 4.69) is 24.3 Å². The predicted molar refractivity (Wildman–Crippen MR) is 80.3 cm³/mol. The zero-order valence-corrected chi connectivity index (χ0v) is 12.2. The number of thioether (sulfide) groups is 1. The molecule has 0 radical (unpaired) electrons. The van der Waals surface area contributed by atoms with E-state index in [9.17, 15) is 0 Å². The Hall–Kier alpha value is -0.510. The molecule has 0 aliphatic carbocycles. The first-order valence-electron chi connectivity index (χ1n) is 6.77. The molecule has 0 bridgehead atoms. The van der Waals surface area contributed by atoms with Gasteiger partial charge >= 0.3 is 0 Å². The van der Waals surface area contributed by atoms with Gasteiger partial charge in [-0.3, -0.25) is 0 Å². The van der Waals surface area contributed by atoms with E-state index in [4.69, 9.17) is 10.5 Å². The van der Waals surface area contributed by atoms with Crippen LogP contribution in [0.5, 0.6) is 0 Å². The van der Waals surface area contributed by atoms with Gasteiger partial charge in [0.1, 0.15) is 0 Å². The van der Waals surface area contributed by atoms with Gasteiger partial charge in [0.2, 0.25) is 0 Å². The van der Waals surface area contributed by atoms with E-state index in [1.165, 1.54) is 35.5 Å². The average molecular weight is 267 g/mol. The first-order valence-corrected chi connectivity index (χ1v) is 7.76. The van der Waals surface area contributed by atoms with Crippen LogP contribution in [0.15, 0.2) is 29.2 Å². The van der Waals surface area contributed by atoms with Crippen molar-refractivity contribution in [2.45, 2.75) is 37.0 Å². The molecule has 2 nitrogen and oxygen atoms in total. The second-order valence-electron chi connectivity index (χ2n) is 4.44. The van der Waals surface area contributed by atoms with E-state index < -0.39 is 0 Å². The van der Waals surface area contributed by atoms with Gasteiger partial charge in [-0.25, -0.2) is 0 Å². The molecular weight excluding hydrogens is 242 g/mol. The van der Waals surface area contributed by atoms with E-state index in [0.717, 1.165) is 26.0 Å². The van der Waals surface area contributed by atoms with Crippen LogP contribution in [-0.2, 0) is 11.2 Å². The summed E-state index contributed by atoms with van der Waals surface area (Å²) < 4.78 is 5.04. The summed E-state index contributed by atoms with van der Waals surface area (Å²) >= 11 is 1.95. The minimum Gasteiger partial charge on any atom is -0.385 e. The molecule has 102 valence electrons. The third-order valence-electron chi connectivity index (χ3n) is 2.83. The third-order valence-corrected chi connectivity index (χ3v) is 3.91. The van der Waals surface area contributed by atoms with Crippen molar-refractivity contribution in [3.8, 4) is 0 Å². The fourth-order valence-corrected chi connectivity index (χ4v) is 2.81. The highest BCUT2D eigenvalue weighted by Crippen LogP contribution is 2.21. The molecule has 0 spiro atoms. The SMILES string of the molecule is COCCCCCSc1cccc(CCCN)c1. The van der Waals surface area contributed by atoms with Gasteiger partial charge in [0.15, 0.2) is 0 Å². The number of nitrogens with two attached hydrogens (primary N) is 1. The van der Waals surface area contributed by atoms with Gasteiger partial charge in [-0.05, 0) is 55.7 Å². The minimum absolute atomic E-state index is 0.775. The first kappa shape index (κ1) is 15.5. The summed E-state index contributed by atoms with van der Waals surface area (Å²) in [5.41, 5.74) is 6.94. The van der Waals surface area contributed by atoms with Crippen LogP contribution in [0.4, 0.5) is 0 Å². The van der Waals surface area contributed by atoms with Gasteiger partial charge in [0.05, 0.1) is 0 Å². The van der Waals surface area contributed by atoms with Crippen LogP contribution >= 0.6 is 11.8 Å². The van der Waals surface area contributed by atoms with Crippen molar-refractivity contribution in [2.24, 2.45) is 5.73 Å². The maximum atomic E-state index is 5.54. The number of hydrogen-bond acceptors (Lipinski definition) is 3. The Labute approximate surface area is 115 Å². The molecule has 3 heteroatoms. The van der Waals surface area contributed by atoms with Crippen molar-refractivity contribution >= 4 is 11.8 Å². The summed E-state index contributed by atoms with van der Waals surface area (Å²) in [6, 6.07) is 8.85. The lowest BCUT2D eigenvalue weighted by atomic mass is 10.1. The number of unbranched alkanes of at least 4 members (excludes halogenated alkanes) is 2. The maximum Gasteiger partial charge on any atom is 0.0462 e. The lowest BCUT2D eigenvalue weighted by molar-refractivity contribution is 0.192. The third kappa shape index (κ3) is 7.04. The Morgan fingerprint density at radius 2 is 2.06 bits per heavy atom. The van der Waals surface area contributed by atoms with E-state index in [1.54, 1.807) is 7.11 Å². The van der Waals surface area contributed by atoms with Gasteiger partial charge < -0.3 is 10.5 Å². The van der Waals surface area contributed by atoms with Crippen LogP contribution in [0.3, 0.4) is 0 Å². The van der Waals surface area contributed by atoms with E-state index >= 15 is 0 Å². The molecule has 0 aliphatic rings. The molecule has 1 aromatic carbocycles. The maximum absolute atomic E-state index is 5.54. The van der Waals surface area contributed by atoms with Crippen molar-refractivity contribution in [1.82, 2.24) is 0 Å². The molecule has 0 aliphatic heterocycles.